The number of nitrogens with zero attached hydrogens (tertiary/aromatic N) is 3. The number of anilines is 2. The molecular weight excluding hydrogens is 501 g/mol. The highest BCUT2D eigenvalue weighted by atomic mass is 19.4. The average molecular weight is 537 g/mol. The number of aromatic nitrogens is 3. The lowest BCUT2D eigenvalue weighted by Gasteiger charge is -2.28. The Hall–Kier alpha value is -3.54. The summed E-state index contributed by atoms with van der Waals surface area (Å²) >= 11 is 0. The molecule has 4 heterocycles. The van der Waals surface area contributed by atoms with Crippen LogP contribution in [-0.4, -0.2) is 65.0 Å². The van der Waals surface area contributed by atoms with Gasteiger partial charge in [0.05, 0.1) is 18.8 Å². The molecule has 0 aliphatic carbocycles. The molecule has 0 bridgehead atoms. The van der Waals surface area contributed by atoms with E-state index in [2.05, 4.69) is 20.0 Å². The number of fused-ring (bicyclic) bond motifs is 1. The molecule has 4 N–H and O–H groups in total. The number of amides is 1. The number of aryl methyl sites for hydroxylation is 1. The first kappa shape index (κ1) is 29.0. The van der Waals surface area contributed by atoms with Crippen LogP contribution in [0.15, 0.2) is 30.6 Å². The Kier molecular flexibility index (Phi) is 10.2. The van der Waals surface area contributed by atoms with Crippen molar-refractivity contribution in [3.63, 3.8) is 0 Å². The predicted octanol–water partition coefficient (Wildman–Crippen LogP) is 5.00. The number of nitrogens with two attached hydrogens (primary N) is 1. The number of alkyl halides is 3. The van der Waals surface area contributed by atoms with E-state index < -0.39 is 6.36 Å². The van der Waals surface area contributed by atoms with E-state index in [1.807, 2.05) is 24.9 Å². The number of hydrogen-bond donors (Lipinski definition) is 3. The Morgan fingerprint density at radius 1 is 1.24 bits per heavy atom. The van der Waals surface area contributed by atoms with Gasteiger partial charge < -0.3 is 30.4 Å². The second kappa shape index (κ2) is 13.3. The van der Waals surface area contributed by atoms with E-state index in [0.29, 0.717) is 12.0 Å². The molecule has 1 atom stereocenters. The minimum Gasteiger partial charge on any atom is -0.406 e. The van der Waals surface area contributed by atoms with E-state index in [4.69, 9.17) is 15.5 Å². The standard InChI is InChI=1S/C16H21N5O2.C8H8F3NO.C2H6/c22-10-21-4-1-11(2-5-21)13-7-17-16-15(13)20-14(8-18-16)19-12-3-6-23-9-12;1-5-2-3-6(4-7(5)12)13-8(9,10)11;1-2/h7-8,10-12H,1-6,9H2,(H,17,18)(H,19,20);2-4H,12H2,1H3;1-2H3. The molecule has 2 saturated heterocycles. The third-order valence-corrected chi connectivity index (χ3v) is 6.29. The zero-order valence-electron chi connectivity index (χ0n) is 21.8. The van der Waals surface area contributed by atoms with E-state index in [1.54, 1.807) is 13.1 Å². The van der Waals surface area contributed by atoms with Crippen LogP contribution < -0.4 is 15.8 Å². The fourth-order valence-corrected chi connectivity index (χ4v) is 4.28. The Morgan fingerprint density at radius 3 is 2.58 bits per heavy atom. The lowest BCUT2D eigenvalue weighted by atomic mass is 9.91. The number of benzene rings is 1. The number of ether oxygens (including phenoxy) is 2. The summed E-state index contributed by atoms with van der Waals surface area (Å²) in [5.41, 5.74) is 9.37. The zero-order valence-corrected chi connectivity index (χ0v) is 21.8. The quantitative estimate of drug-likeness (QED) is 0.310. The van der Waals surface area contributed by atoms with Crippen molar-refractivity contribution in [2.75, 3.05) is 37.4 Å². The number of piperidine rings is 1. The van der Waals surface area contributed by atoms with Crippen LogP contribution in [-0.2, 0) is 9.53 Å². The molecule has 2 aliphatic rings. The summed E-state index contributed by atoms with van der Waals surface area (Å²) in [7, 11) is 0. The summed E-state index contributed by atoms with van der Waals surface area (Å²) in [5, 5.41) is 3.40. The smallest absolute Gasteiger partial charge is 0.406 e. The van der Waals surface area contributed by atoms with E-state index in [0.717, 1.165) is 80.6 Å². The summed E-state index contributed by atoms with van der Waals surface area (Å²) in [4.78, 5) is 25.2. The zero-order chi connectivity index (χ0) is 27.7. The maximum Gasteiger partial charge on any atom is 0.573 e. The van der Waals surface area contributed by atoms with Gasteiger partial charge in [-0.3, -0.25) is 4.79 Å². The molecule has 1 amide bonds. The van der Waals surface area contributed by atoms with E-state index >= 15 is 0 Å². The number of carbonyl (C=O) groups is 1. The van der Waals surface area contributed by atoms with Gasteiger partial charge in [-0.15, -0.1) is 13.2 Å². The average Bonchev–Trinajstić information content (AvgIpc) is 3.57. The molecule has 9 nitrogen and oxygen atoms in total. The molecule has 2 aromatic heterocycles. The van der Waals surface area contributed by atoms with Crippen molar-refractivity contribution in [2.45, 2.75) is 58.4 Å². The number of H-pyrrole nitrogens is 1. The minimum atomic E-state index is -4.66. The first-order valence-electron chi connectivity index (χ1n) is 12.7. The van der Waals surface area contributed by atoms with Gasteiger partial charge in [0, 0.05) is 43.2 Å². The van der Waals surface area contributed by atoms with Crippen molar-refractivity contribution in [3.05, 3.63) is 41.7 Å². The third-order valence-electron chi connectivity index (χ3n) is 6.29. The number of rotatable bonds is 5. The summed E-state index contributed by atoms with van der Waals surface area (Å²) < 4.78 is 44.2. The monoisotopic (exact) mass is 536 g/mol. The Labute approximate surface area is 219 Å². The molecule has 1 aromatic carbocycles. The van der Waals surface area contributed by atoms with Gasteiger partial charge in [0.25, 0.3) is 0 Å². The van der Waals surface area contributed by atoms with Crippen LogP contribution in [0.1, 0.15) is 50.2 Å². The fourth-order valence-electron chi connectivity index (χ4n) is 4.28. The third kappa shape index (κ3) is 7.98. The van der Waals surface area contributed by atoms with Crippen LogP contribution in [0.25, 0.3) is 11.2 Å². The maximum atomic E-state index is 11.7. The SMILES string of the molecule is CC.Cc1ccc(OC(F)(F)F)cc1N.O=CN1CCC(c2c[nH]c3ncc(NC4CCOC4)nc23)CC1. The van der Waals surface area contributed by atoms with Crippen molar-refractivity contribution in [1.29, 1.82) is 0 Å². The first-order valence-corrected chi connectivity index (χ1v) is 12.7. The molecule has 0 spiro atoms. The van der Waals surface area contributed by atoms with Gasteiger partial charge in [-0.2, -0.15) is 0 Å². The van der Waals surface area contributed by atoms with Crippen LogP contribution in [0.2, 0.25) is 0 Å². The number of hydrogen-bond acceptors (Lipinski definition) is 7. The van der Waals surface area contributed by atoms with Gasteiger partial charge in [-0.1, -0.05) is 19.9 Å². The van der Waals surface area contributed by atoms with Crippen LogP contribution in [0, 0.1) is 6.92 Å². The Balaban J connectivity index is 0.000000228. The summed E-state index contributed by atoms with van der Waals surface area (Å²) in [5.74, 6) is 0.939. The molecule has 2 fully saturated rings. The van der Waals surface area contributed by atoms with Crippen molar-refractivity contribution < 1.29 is 27.4 Å². The predicted molar refractivity (Wildman–Crippen MR) is 140 cm³/mol. The molecule has 3 aromatic rings. The normalized spacial score (nSPS) is 17.7. The number of aromatic amines is 1. The summed E-state index contributed by atoms with van der Waals surface area (Å²) in [6, 6.07) is 4.15. The number of nitrogens with one attached hydrogen (secondary N) is 2. The van der Waals surface area contributed by atoms with Crippen molar-refractivity contribution in [2.24, 2.45) is 0 Å². The van der Waals surface area contributed by atoms with E-state index in [1.165, 1.54) is 17.7 Å². The van der Waals surface area contributed by atoms with Crippen LogP contribution in [0.3, 0.4) is 0 Å². The van der Waals surface area contributed by atoms with Gasteiger partial charge in [0.2, 0.25) is 6.41 Å². The largest absolute Gasteiger partial charge is 0.573 e. The van der Waals surface area contributed by atoms with Crippen molar-refractivity contribution in [3.8, 4) is 5.75 Å². The van der Waals surface area contributed by atoms with Gasteiger partial charge in [-0.05, 0) is 43.7 Å². The lowest BCUT2D eigenvalue weighted by molar-refractivity contribution is -0.274. The van der Waals surface area contributed by atoms with Gasteiger partial charge >= 0.3 is 6.36 Å². The highest BCUT2D eigenvalue weighted by Crippen LogP contribution is 2.32. The Bertz CT molecular complexity index is 1170. The lowest BCUT2D eigenvalue weighted by Crippen LogP contribution is -2.31. The topological polar surface area (TPSA) is 118 Å². The maximum absolute atomic E-state index is 11.7. The molecule has 1 unspecified atom stereocenters. The van der Waals surface area contributed by atoms with E-state index in [9.17, 15) is 18.0 Å². The van der Waals surface area contributed by atoms with Crippen LogP contribution in [0.5, 0.6) is 5.75 Å². The summed E-state index contributed by atoms with van der Waals surface area (Å²) in [6.07, 6.45) is 3.02. The van der Waals surface area contributed by atoms with Crippen molar-refractivity contribution in [1.82, 2.24) is 19.9 Å². The number of likely N-dealkylation sites (tertiary alicyclic amines) is 1. The van der Waals surface area contributed by atoms with Gasteiger partial charge in [0.15, 0.2) is 5.65 Å². The molecule has 5 rings (SSSR count). The number of carbonyl (C=O) groups excluding carboxylic acids is 1. The molecule has 0 radical (unpaired) electrons. The second-order valence-corrected chi connectivity index (χ2v) is 8.88. The van der Waals surface area contributed by atoms with Crippen molar-refractivity contribution >= 4 is 29.1 Å². The molecule has 38 heavy (non-hydrogen) atoms. The highest BCUT2D eigenvalue weighted by Gasteiger charge is 2.31. The summed E-state index contributed by atoms with van der Waals surface area (Å²) in [6.45, 7) is 8.85. The Morgan fingerprint density at radius 2 is 1.97 bits per heavy atom. The molecule has 2 aliphatic heterocycles. The van der Waals surface area contributed by atoms with Crippen LogP contribution >= 0.6 is 0 Å². The molecule has 12 heteroatoms. The molecule has 0 saturated carbocycles. The first-order chi connectivity index (χ1) is 18.2. The van der Waals surface area contributed by atoms with Crippen LogP contribution in [0.4, 0.5) is 24.7 Å². The molecule has 208 valence electrons. The molecular formula is C26H35F3N6O3. The second-order valence-electron chi connectivity index (χ2n) is 8.88. The number of halogens is 3. The van der Waals surface area contributed by atoms with Gasteiger partial charge in [0.1, 0.15) is 17.1 Å². The fraction of sp³-hybridized carbons (Fsp3) is 0.500. The van der Waals surface area contributed by atoms with Gasteiger partial charge in [-0.25, -0.2) is 9.97 Å². The minimum absolute atomic E-state index is 0.279. The highest BCUT2D eigenvalue weighted by molar-refractivity contribution is 5.77. The number of nitrogen functional groups attached to an aromatic ring is 1. The van der Waals surface area contributed by atoms with E-state index in [-0.39, 0.29) is 11.4 Å².